The Hall–Kier alpha value is -2.67. The fraction of sp³-hybridized carbons (Fsp3) is 0.158. The molecule has 0 unspecified atom stereocenters. The molecule has 0 bridgehead atoms. The van der Waals surface area contributed by atoms with Crippen LogP contribution in [-0.2, 0) is 6.54 Å². The van der Waals surface area contributed by atoms with Gasteiger partial charge in [-0.15, -0.1) is 11.8 Å². The number of rotatable bonds is 6. The van der Waals surface area contributed by atoms with Crippen LogP contribution in [0.4, 0.5) is 8.78 Å². The zero-order valence-electron chi connectivity index (χ0n) is 14.0. The molecule has 2 aromatic carbocycles. The van der Waals surface area contributed by atoms with Gasteiger partial charge in [0.15, 0.2) is 5.76 Å². The van der Waals surface area contributed by atoms with Crippen LogP contribution in [0, 0.1) is 11.6 Å². The van der Waals surface area contributed by atoms with Gasteiger partial charge in [-0.25, -0.2) is 8.78 Å². The quantitative estimate of drug-likeness (QED) is 0.638. The average molecular weight is 374 g/mol. The highest BCUT2D eigenvalue weighted by atomic mass is 32.2. The van der Waals surface area contributed by atoms with Crippen LogP contribution in [0.1, 0.15) is 23.0 Å². The molecule has 0 spiro atoms. The van der Waals surface area contributed by atoms with Gasteiger partial charge < -0.3 is 9.84 Å². The van der Waals surface area contributed by atoms with E-state index in [2.05, 4.69) is 10.5 Å². The van der Waals surface area contributed by atoms with Gasteiger partial charge in [0, 0.05) is 17.0 Å². The summed E-state index contributed by atoms with van der Waals surface area (Å²) < 4.78 is 31.9. The molecule has 1 N–H and O–H groups in total. The molecule has 134 valence electrons. The number of nitrogens with one attached hydrogen (secondary N) is 1. The zero-order valence-corrected chi connectivity index (χ0v) is 14.8. The van der Waals surface area contributed by atoms with Crippen molar-refractivity contribution in [2.24, 2.45) is 0 Å². The standard InChI is InChI=1S/C19H16F2N2O2S/c1-2-26-18-6-4-3-5-15(18)19(24)22-11-13-10-17(25-23-13)14-8-7-12(20)9-16(14)21/h3-10H,2,11H2,1H3,(H,22,24). The first-order valence-corrected chi connectivity index (χ1v) is 8.98. The van der Waals surface area contributed by atoms with Crippen LogP contribution in [-0.4, -0.2) is 16.8 Å². The van der Waals surface area contributed by atoms with Crippen molar-refractivity contribution in [3.63, 3.8) is 0 Å². The highest BCUT2D eigenvalue weighted by Gasteiger charge is 2.14. The SMILES string of the molecule is CCSc1ccccc1C(=O)NCc1cc(-c2ccc(F)cc2F)on1. The molecule has 1 aromatic heterocycles. The van der Waals surface area contributed by atoms with E-state index in [4.69, 9.17) is 4.52 Å². The minimum Gasteiger partial charge on any atom is -0.356 e. The van der Waals surface area contributed by atoms with Crippen LogP contribution in [0.3, 0.4) is 0 Å². The Morgan fingerprint density at radius 1 is 1.19 bits per heavy atom. The lowest BCUT2D eigenvalue weighted by Gasteiger charge is -2.08. The van der Waals surface area contributed by atoms with Gasteiger partial charge in [0.1, 0.15) is 17.3 Å². The second-order valence-electron chi connectivity index (χ2n) is 5.42. The topological polar surface area (TPSA) is 55.1 Å². The lowest BCUT2D eigenvalue weighted by atomic mass is 10.1. The molecular weight excluding hydrogens is 358 g/mol. The normalized spacial score (nSPS) is 10.7. The van der Waals surface area contributed by atoms with Crippen molar-refractivity contribution in [1.82, 2.24) is 10.5 Å². The van der Waals surface area contributed by atoms with Crippen LogP contribution in [0.15, 0.2) is 57.9 Å². The van der Waals surface area contributed by atoms with E-state index in [1.165, 1.54) is 12.1 Å². The summed E-state index contributed by atoms with van der Waals surface area (Å²) in [6, 6.07) is 12.1. The summed E-state index contributed by atoms with van der Waals surface area (Å²) in [7, 11) is 0. The third-order valence-electron chi connectivity index (χ3n) is 3.62. The number of nitrogens with zero attached hydrogens (tertiary/aromatic N) is 1. The maximum Gasteiger partial charge on any atom is 0.252 e. The first-order valence-electron chi connectivity index (χ1n) is 7.99. The number of halogens is 2. The second-order valence-corrected chi connectivity index (χ2v) is 6.72. The van der Waals surface area contributed by atoms with Gasteiger partial charge in [0.2, 0.25) is 0 Å². The summed E-state index contributed by atoms with van der Waals surface area (Å²) in [6.45, 7) is 2.15. The molecular formula is C19H16F2N2O2S. The Bertz CT molecular complexity index is 927. The van der Waals surface area contributed by atoms with Crippen molar-refractivity contribution in [3.05, 3.63) is 71.4 Å². The predicted molar refractivity (Wildman–Crippen MR) is 95.9 cm³/mol. The van der Waals surface area contributed by atoms with Crippen molar-refractivity contribution in [3.8, 4) is 11.3 Å². The Morgan fingerprint density at radius 3 is 2.77 bits per heavy atom. The average Bonchev–Trinajstić information content (AvgIpc) is 3.09. The van der Waals surface area contributed by atoms with Gasteiger partial charge in [-0.2, -0.15) is 0 Å². The summed E-state index contributed by atoms with van der Waals surface area (Å²) in [6.07, 6.45) is 0. The van der Waals surface area contributed by atoms with E-state index >= 15 is 0 Å². The van der Waals surface area contributed by atoms with Crippen LogP contribution in [0.5, 0.6) is 0 Å². The number of amides is 1. The molecule has 0 atom stereocenters. The maximum atomic E-state index is 13.8. The molecule has 0 aliphatic heterocycles. The number of thioether (sulfide) groups is 1. The Labute approximate surface area is 153 Å². The zero-order chi connectivity index (χ0) is 18.5. The van der Waals surface area contributed by atoms with Gasteiger partial charge in [0.05, 0.1) is 17.7 Å². The van der Waals surface area contributed by atoms with Gasteiger partial charge in [0.25, 0.3) is 5.91 Å². The summed E-state index contributed by atoms with van der Waals surface area (Å²) in [5, 5.41) is 6.60. The lowest BCUT2D eigenvalue weighted by molar-refractivity contribution is 0.0947. The molecule has 0 aliphatic rings. The molecule has 0 aliphatic carbocycles. The molecule has 3 aromatic rings. The second kappa shape index (κ2) is 8.14. The van der Waals surface area contributed by atoms with E-state index in [9.17, 15) is 13.6 Å². The summed E-state index contributed by atoms with van der Waals surface area (Å²) in [5.41, 5.74) is 1.14. The minimum atomic E-state index is -0.734. The summed E-state index contributed by atoms with van der Waals surface area (Å²) in [4.78, 5) is 13.3. The van der Waals surface area contributed by atoms with E-state index in [1.807, 2.05) is 19.1 Å². The van der Waals surface area contributed by atoms with E-state index in [0.717, 1.165) is 22.8 Å². The molecule has 0 saturated heterocycles. The van der Waals surface area contributed by atoms with E-state index in [1.54, 1.807) is 23.9 Å². The van der Waals surface area contributed by atoms with Gasteiger partial charge in [-0.3, -0.25) is 4.79 Å². The number of hydrogen-bond donors (Lipinski definition) is 1. The molecule has 26 heavy (non-hydrogen) atoms. The van der Waals surface area contributed by atoms with Gasteiger partial charge >= 0.3 is 0 Å². The Balaban J connectivity index is 1.69. The molecule has 1 amide bonds. The van der Waals surface area contributed by atoms with E-state index in [0.29, 0.717) is 11.3 Å². The highest BCUT2D eigenvalue weighted by Crippen LogP contribution is 2.25. The molecule has 0 fully saturated rings. The van der Waals surface area contributed by atoms with E-state index < -0.39 is 11.6 Å². The predicted octanol–water partition coefficient (Wildman–Crippen LogP) is 4.66. The highest BCUT2D eigenvalue weighted by molar-refractivity contribution is 7.99. The van der Waals surface area contributed by atoms with Crippen LogP contribution in [0.2, 0.25) is 0 Å². The van der Waals surface area contributed by atoms with Crippen LogP contribution < -0.4 is 5.32 Å². The Kier molecular flexibility index (Phi) is 5.68. The van der Waals surface area contributed by atoms with Crippen molar-refractivity contribution >= 4 is 17.7 Å². The molecule has 4 nitrogen and oxygen atoms in total. The molecule has 0 saturated carbocycles. The number of hydrogen-bond acceptors (Lipinski definition) is 4. The first-order chi connectivity index (χ1) is 12.6. The fourth-order valence-corrected chi connectivity index (χ4v) is 3.22. The lowest BCUT2D eigenvalue weighted by Crippen LogP contribution is -2.23. The number of benzene rings is 2. The summed E-state index contributed by atoms with van der Waals surface area (Å²) in [5.74, 6) is -0.586. The van der Waals surface area contributed by atoms with Gasteiger partial charge in [-0.05, 0) is 30.0 Å². The third-order valence-corrected chi connectivity index (χ3v) is 4.57. The Morgan fingerprint density at radius 2 is 2.00 bits per heavy atom. The van der Waals surface area contributed by atoms with E-state index in [-0.39, 0.29) is 23.8 Å². The minimum absolute atomic E-state index is 0.112. The van der Waals surface area contributed by atoms with Gasteiger partial charge in [-0.1, -0.05) is 24.2 Å². The van der Waals surface area contributed by atoms with Crippen LogP contribution in [0.25, 0.3) is 11.3 Å². The molecule has 7 heteroatoms. The molecule has 3 rings (SSSR count). The first kappa shape index (κ1) is 18.1. The largest absolute Gasteiger partial charge is 0.356 e. The van der Waals surface area contributed by atoms with Crippen molar-refractivity contribution in [2.45, 2.75) is 18.4 Å². The van der Waals surface area contributed by atoms with Crippen molar-refractivity contribution in [2.75, 3.05) is 5.75 Å². The maximum absolute atomic E-state index is 13.8. The van der Waals surface area contributed by atoms with Crippen molar-refractivity contribution in [1.29, 1.82) is 0 Å². The van der Waals surface area contributed by atoms with Crippen LogP contribution >= 0.6 is 11.8 Å². The fourth-order valence-electron chi connectivity index (χ4n) is 2.41. The van der Waals surface area contributed by atoms with Crippen molar-refractivity contribution < 1.29 is 18.1 Å². The molecule has 1 heterocycles. The monoisotopic (exact) mass is 374 g/mol. The number of carbonyl (C=O) groups excluding carboxylic acids is 1. The number of carbonyl (C=O) groups is 1. The molecule has 0 radical (unpaired) electrons. The number of aromatic nitrogens is 1. The summed E-state index contributed by atoms with van der Waals surface area (Å²) >= 11 is 1.59. The smallest absolute Gasteiger partial charge is 0.252 e. The third kappa shape index (κ3) is 4.11.